The molecule has 0 bridgehead atoms. The molecule has 0 atom stereocenters. The van der Waals surface area contributed by atoms with Crippen molar-refractivity contribution in [1.82, 2.24) is 10.2 Å². The number of ether oxygens (including phenoxy) is 1. The van der Waals surface area contributed by atoms with Crippen molar-refractivity contribution in [2.75, 3.05) is 18.2 Å². The SMILES string of the molecule is CS(=O)(=O)c1ccc(Cc2nnc(NC(=O)CCOc3ccccc3)o2)cc1. The van der Waals surface area contributed by atoms with Crippen LogP contribution in [0.15, 0.2) is 63.9 Å². The lowest BCUT2D eigenvalue weighted by atomic mass is 10.1. The molecule has 3 aromatic rings. The molecule has 0 radical (unpaired) electrons. The maximum atomic E-state index is 11.9. The number of para-hydroxylation sites is 1. The van der Waals surface area contributed by atoms with E-state index in [4.69, 9.17) is 9.15 Å². The zero-order valence-corrected chi connectivity index (χ0v) is 16.0. The molecule has 9 heteroatoms. The fourth-order valence-electron chi connectivity index (χ4n) is 2.36. The van der Waals surface area contributed by atoms with Gasteiger partial charge in [0.05, 0.1) is 24.3 Å². The Morgan fingerprint density at radius 2 is 1.79 bits per heavy atom. The van der Waals surface area contributed by atoms with Crippen LogP contribution < -0.4 is 10.1 Å². The largest absolute Gasteiger partial charge is 0.493 e. The second-order valence-electron chi connectivity index (χ2n) is 6.05. The van der Waals surface area contributed by atoms with Crippen molar-refractivity contribution in [3.8, 4) is 5.75 Å². The van der Waals surface area contributed by atoms with Gasteiger partial charge in [0.25, 0.3) is 0 Å². The third kappa shape index (κ3) is 5.65. The van der Waals surface area contributed by atoms with Gasteiger partial charge in [0, 0.05) is 6.26 Å². The number of benzene rings is 2. The van der Waals surface area contributed by atoms with Crippen LogP contribution in [0.2, 0.25) is 0 Å². The number of anilines is 1. The number of nitrogens with one attached hydrogen (secondary N) is 1. The molecule has 2 aromatic carbocycles. The molecule has 0 spiro atoms. The topological polar surface area (TPSA) is 111 Å². The van der Waals surface area contributed by atoms with Crippen LogP contribution in [0.25, 0.3) is 0 Å². The molecule has 0 saturated heterocycles. The summed E-state index contributed by atoms with van der Waals surface area (Å²) in [5, 5.41) is 10.2. The van der Waals surface area contributed by atoms with E-state index in [1.54, 1.807) is 12.1 Å². The number of amides is 1. The van der Waals surface area contributed by atoms with Gasteiger partial charge in [0.15, 0.2) is 9.84 Å². The second-order valence-corrected chi connectivity index (χ2v) is 8.07. The number of sulfone groups is 1. The Hall–Kier alpha value is -3.20. The minimum absolute atomic E-state index is 0.00691. The maximum Gasteiger partial charge on any atom is 0.322 e. The van der Waals surface area contributed by atoms with E-state index in [0.717, 1.165) is 11.8 Å². The molecule has 1 aromatic heterocycles. The number of carbonyl (C=O) groups is 1. The number of nitrogens with zero attached hydrogens (tertiary/aromatic N) is 2. The molecule has 0 unspecified atom stereocenters. The van der Waals surface area contributed by atoms with E-state index in [-0.39, 0.29) is 29.8 Å². The van der Waals surface area contributed by atoms with Crippen molar-refractivity contribution in [1.29, 1.82) is 0 Å². The number of rotatable bonds is 8. The highest BCUT2D eigenvalue weighted by Crippen LogP contribution is 2.15. The first-order valence-electron chi connectivity index (χ1n) is 8.49. The summed E-state index contributed by atoms with van der Waals surface area (Å²) >= 11 is 0. The van der Waals surface area contributed by atoms with Crippen molar-refractivity contribution in [3.63, 3.8) is 0 Å². The van der Waals surface area contributed by atoms with E-state index < -0.39 is 9.84 Å². The smallest absolute Gasteiger partial charge is 0.322 e. The Morgan fingerprint density at radius 1 is 1.07 bits per heavy atom. The number of aromatic nitrogens is 2. The van der Waals surface area contributed by atoms with Crippen molar-refractivity contribution in [3.05, 3.63) is 66.1 Å². The summed E-state index contributed by atoms with van der Waals surface area (Å²) in [6.07, 6.45) is 1.61. The quantitative estimate of drug-likeness (QED) is 0.617. The van der Waals surface area contributed by atoms with E-state index in [0.29, 0.717) is 18.1 Å². The summed E-state index contributed by atoms with van der Waals surface area (Å²) < 4.78 is 33.8. The zero-order chi connectivity index (χ0) is 20.0. The monoisotopic (exact) mass is 401 g/mol. The van der Waals surface area contributed by atoms with Crippen LogP contribution in [-0.2, 0) is 21.1 Å². The Morgan fingerprint density at radius 3 is 2.46 bits per heavy atom. The van der Waals surface area contributed by atoms with Crippen LogP contribution in [0.4, 0.5) is 6.01 Å². The normalized spacial score (nSPS) is 11.2. The van der Waals surface area contributed by atoms with Gasteiger partial charge in [0.2, 0.25) is 11.8 Å². The van der Waals surface area contributed by atoms with Gasteiger partial charge >= 0.3 is 6.01 Å². The molecule has 1 N–H and O–H groups in total. The minimum Gasteiger partial charge on any atom is -0.493 e. The second kappa shape index (κ2) is 8.66. The lowest BCUT2D eigenvalue weighted by Crippen LogP contribution is -2.15. The molecule has 0 aliphatic rings. The number of carbonyl (C=O) groups excluding carboxylic acids is 1. The molecule has 0 aliphatic carbocycles. The van der Waals surface area contributed by atoms with Crippen molar-refractivity contribution < 1.29 is 22.4 Å². The summed E-state index contributed by atoms with van der Waals surface area (Å²) in [6.45, 7) is 0.226. The van der Waals surface area contributed by atoms with Crippen LogP contribution in [0.1, 0.15) is 17.9 Å². The van der Waals surface area contributed by atoms with Crippen molar-refractivity contribution in [2.45, 2.75) is 17.7 Å². The first-order valence-corrected chi connectivity index (χ1v) is 10.4. The highest BCUT2D eigenvalue weighted by atomic mass is 32.2. The molecule has 8 nitrogen and oxygen atoms in total. The molecule has 0 fully saturated rings. The van der Waals surface area contributed by atoms with Crippen LogP contribution in [0, 0.1) is 0 Å². The fraction of sp³-hybridized carbons (Fsp3) is 0.211. The van der Waals surface area contributed by atoms with Crippen molar-refractivity contribution in [2.24, 2.45) is 0 Å². The van der Waals surface area contributed by atoms with Crippen LogP contribution in [0.3, 0.4) is 0 Å². The average molecular weight is 401 g/mol. The number of hydrogen-bond donors (Lipinski definition) is 1. The molecule has 28 heavy (non-hydrogen) atoms. The van der Waals surface area contributed by atoms with Crippen LogP contribution in [0.5, 0.6) is 5.75 Å². The summed E-state index contributed by atoms with van der Waals surface area (Å²) in [4.78, 5) is 12.2. The molecule has 1 heterocycles. The van der Waals surface area contributed by atoms with E-state index in [1.807, 2.05) is 30.3 Å². The molecule has 3 rings (SSSR count). The Bertz CT molecular complexity index is 1030. The summed E-state index contributed by atoms with van der Waals surface area (Å²) in [6, 6.07) is 15.6. The van der Waals surface area contributed by atoms with E-state index >= 15 is 0 Å². The van der Waals surface area contributed by atoms with Gasteiger partial charge < -0.3 is 9.15 Å². The van der Waals surface area contributed by atoms with E-state index in [2.05, 4.69) is 15.5 Å². The number of hydrogen-bond acceptors (Lipinski definition) is 7. The third-order valence-corrected chi connectivity index (χ3v) is 4.89. The molecule has 0 aliphatic heterocycles. The highest BCUT2D eigenvalue weighted by molar-refractivity contribution is 7.90. The zero-order valence-electron chi connectivity index (χ0n) is 15.2. The first-order chi connectivity index (χ1) is 13.4. The minimum atomic E-state index is -3.24. The molecular formula is C19H19N3O5S. The molecule has 146 valence electrons. The molecule has 1 amide bonds. The van der Waals surface area contributed by atoms with E-state index in [9.17, 15) is 13.2 Å². The fourth-order valence-corrected chi connectivity index (χ4v) is 3.00. The maximum absolute atomic E-state index is 11.9. The van der Waals surface area contributed by atoms with Gasteiger partial charge in [-0.1, -0.05) is 35.4 Å². The average Bonchev–Trinajstić information content (AvgIpc) is 3.09. The predicted octanol–water partition coefficient (Wildman–Crippen LogP) is 2.47. The highest BCUT2D eigenvalue weighted by Gasteiger charge is 2.12. The van der Waals surface area contributed by atoms with Gasteiger partial charge in [0.1, 0.15) is 5.75 Å². The Kier molecular flexibility index (Phi) is 6.05. The third-order valence-electron chi connectivity index (χ3n) is 3.76. The standard InChI is InChI=1S/C19H19N3O5S/c1-28(24,25)16-9-7-14(8-10-16)13-18-21-22-19(27-18)20-17(23)11-12-26-15-5-3-2-4-6-15/h2-10H,11-13H2,1H3,(H,20,22,23). The first kappa shape index (κ1) is 19.6. The van der Waals surface area contributed by atoms with Gasteiger partial charge in [-0.3, -0.25) is 10.1 Å². The summed E-state index contributed by atoms with van der Waals surface area (Å²) in [7, 11) is -3.24. The van der Waals surface area contributed by atoms with E-state index in [1.165, 1.54) is 12.1 Å². The van der Waals surface area contributed by atoms with Gasteiger partial charge in [-0.05, 0) is 29.8 Å². The van der Waals surface area contributed by atoms with Crippen LogP contribution in [-0.4, -0.2) is 37.4 Å². The van der Waals surface area contributed by atoms with Gasteiger partial charge in [-0.2, -0.15) is 0 Å². The van der Waals surface area contributed by atoms with Crippen molar-refractivity contribution >= 4 is 21.8 Å². The Labute approximate surface area is 162 Å². The molecule has 0 saturated carbocycles. The predicted molar refractivity (Wildman–Crippen MR) is 102 cm³/mol. The lowest BCUT2D eigenvalue weighted by Gasteiger charge is -2.05. The van der Waals surface area contributed by atoms with Crippen LogP contribution >= 0.6 is 0 Å². The summed E-state index contributed by atoms with van der Waals surface area (Å²) in [5.74, 6) is 0.698. The van der Waals surface area contributed by atoms with Gasteiger partial charge in [-0.15, -0.1) is 5.10 Å². The van der Waals surface area contributed by atoms with Gasteiger partial charge in [-0.25, -0.2) is 8.42 Å². The lowest BCUT2D eigenvalue weighted by molar-refractivity contribution is -0.116. The Balaban J connectivity index is 1.49. The molecular weight excluding hydrogens is 382 g/mol. The summed E-state index contributed by atoms with van der Waals surface area (Å²) in [5.41, 5.74) is 0.810.